The number of hydrogen-bond donors (Lipinski definition) is 1. The van der Waals surface area contributed by atoms with E-state index in [2.05, 4.69) is 46.1 Å². The maximum Gasteiger partial charge on any atom is 0.0474 e. The van der Waals surface area contributed by atoms with Crippen LogP contribution in [0.2, 0.25) is 0 Å². The summed E-state index contributed by atoms with van der Waals surface area (Å²) in [5.74, 6) is 0. The molecular weight excluding hydrogens is 316 g/mol. The van der Waals surface area contributed by atoms with Crippen molar-refractivity contribution in [2.45, 2.75) is 31.2 Å². The number of nitrogens with zero attached hydrogens (tertiary/aromatic N) is 1. The number of halogens is 1. The zero-order chi connectivity index (χ0) is 14.6. The summed E-state index contributed by atoms with van der Waals surface area (Å²) in [6, 6.07) is 6.63. The van der Waals surface area contributed by atoms with Crippen LogP contribution in [0.3, 0.4) is 0 Å². The van der Waals surface area contributed by atoms with Gasteiger partial charge in [0.25, 0.3) is 0 Å². The van der Waals surface area contributed by atoms with Gasteiger partial charge in [-0.05, 0) is 56.0 Å². The van der Waals surface area contributed by atoms with E-state index in [4.69, 9.17) is 10.5 Å². The van der Waals surface area contributed by atoms with Crippen molar-refractivity contribution in [3.8, 4) is 0 Å². The second kappa shape index (κ2) is 7.03. The molecule has 1 aromatic rings. The Kier molecular flexibility index (Phi) is 5.61. The lowest BCUT2D eigenvalue weighted by molar-refractivity contribution is 0.0933. The van der Waals surface area contributed by atoms with Gasteiger partial charge in [0.1, 0.15) is 0 Å². The molecule has 0 aromatic heterocycles. The topological polar surface area (TPSA) is 38.5 Å². The van der Waals surface area contributed by atoms with E-state index in [0.717, 1.165) is 38.8 Å². The summed E-state index contributed by atoms with van der Waals surface area (Å²) in [5.41, 5.74) is 9.17. The Hall–Kier alpha value is -0.420. The monoisotopic (exact) mass is 340 g/mol. The van der Waals surface area contributed by atoms with Gasteiger partial charge < -0.3 is 10.5 Å². The van der Waals surface area contributed by atoms with E-state index in [9.17, 15) is 0 Å². The predicted molar refractivity (Wildman–Crippen MR) is 87.1 cm³/mol. The van der Waals surface area contributed by atoms with Crippen molar-refractivity contribution < 1.29 is 4.74 Å². The maximum absolute atomic E-state index is 6.15. The highest BCUT2D eigenvalue weighted by Crippen LogP contribution is 2.33. The van der Waals surface area contributed by atoms with Gasteiger partial charge in [0, 0.05) is 36.8 Å². The Morgan fingerprint density at radius 3 is 2.90 bits per heavy atom. The normalized spacial score (nSPS) is 22.1. The number of nitrogens with two attached hydrogens (primary N) is 1. The van der Waals surface area contributed by atoms with Crippen LogP contribution in [0.25, 0.3) is 0 Å². The lowest BCUT2D eigenvalue weighted by Gasteiger charge is -2.44. The van der Waals surface area contributed by atoms with E-state index >= 15 is 0 Å². The lowest BCUT2D eigenvalue weighted by atomic mass is 9.77. The molecule has 0 aliphatic heterocycles. The SMILES string of the molecule is COCCCN(C)C1(CN)CCc2cc(Br)ccc2C1. The van der Waals surface area contributed by atoms with E-state index in [-0.39, 0.29) is 5.54 Å². The molecule has 2 rings (SSSR count). The average molecular weight is 341 g/mol. The molecule has 0 heterocycles. The molecule has 0 saturated heterocycles. The zero-order valence-corrected chi connectivity index (χ0v) is 14.1. The fourth-order valence-corrected chi connectivity index (χ4v) is 3.56. The van der Waals surface area contributed by atoms with Crippen LogP contribution in [0.4, 0.5) is 0 Å². The van der Waals surface area contributed by atoms with Gasteiger partial charge in [0.05, 0.1) is 0 Å². The summed E-state index contributed by atoms with van der Waals surface area (Å²) in [5, 5.41) is 0. The number of methoxy groups -OCH3 is 1. The third-order valence-electron chi connectivity index (χ3n) is 4.58. The first-order valence-electron chi connectivity index (χ1n) is 7.29. The number of hydrogen-bond acceptors (Lipinski definition) is 3. The molecule has 20 heavy (non-hydrogen) atoms. The van der Waals surface area contributed by atoms with Crippen LogP contribution in [0.15, 0.2) is 22.7 Å². The number of rotatable bonds is 6. The fourth-order valence-electron chi connectivity index (χ4n) is 3.15. The van der Waals surface area contributed by atoms with Crippen molar-refractivity contribution in [2.24, 2.45) is 5.73 Å². The molecule has 0 fully saturated rings. The molecule has 4 heteroatoms. The zero-order valence-electron chi connectivity index (χ0n) is 12.5. The fraction of sp³-hybridized carbons (Fsp3) is 0.625. The van der Waals surface area contributed by atoms with Crippen LogP contribution in [0.5, 0.6) is 0 Å². The van der Waals surface area contributed by atoms with Crippen molar-refractivity contribution in [2.75, 3.05) is 33.9 Å². The molecule has 1 atom stereocenters. The summed E-state index contributed by atoms with van der Waals surface area (Å²) in [6.07, 6.45) is 4.36. The van der Waals surface area contributed by atoms with Crippen LogP contribution >= 0.6 is 15.9 Å². The molecule has 0 spiro atoms. The molecule has 0 amide bonds. The van der Waals surface area contributed by atoms with Crippen molar-refractivity contribution in [1.29, 1.82) is 0 Å². The van der Waals surface area contributed by atoms with Crippen LogP contribution in [-0.4, -0.2) is 44.3 Å². The standard InChI is InChI=1S/C16H25BrN2O/c1-19(8-3-9-20-2)16(12-18)7-6-13-10-15(17)5-4-14(13)11-16/h4-5,10H,3,6-9,11-12,18H2,1-2H3. The van der Waals surface area contributed by atoms with Gasteiger partial charge in [-0.15, -0.1) is 0 Å². The summed E-state index contributed by atoms with van der Waals surface area (Å²) >= 11 is 3.56. The Morgan fingerprint density at radius 2 is 2.20 bits per heavy atom. The van der Waals surface area contributed by atoms with Crippen LogP contribution in [0, 0.1) is 0 Å². The highest BCUT2D eigenvalue weighted by atomic mass is 79.9. The summed E-state index contributed by atoms with van der Waals surface area (Å²) in [6.45, 7) is 2.57. The van der Waals surface area contributed by atoms with Crippen molar-refractivity contribution in [3.63, 3.8) is 0 Å². The first-order valence-corrected chi connectivity index (χ1v) is 8.08. The van der Waals surface area contributed by atoms with E-state index in [1.54, 1.807) is 7.11 Å². The number of fused-ring (bicyclic) bond motifs is 1. The van der Waals surface area contributed by atoms with Crippen molar-refractivity contribution in [3.05, 3.63) is 33.8 Å². The van der Waals surface area contributed by atoms with Crippen LogP contribution in [-0.2, 0) is 17.6 Å². The van der Waals surface area contributed by atoms with Gasteiger partial charge >= 0.3 is 0 Å². The van der Waals surface area contributed by atoms with Gasteiger partial charge in [-0.2, -0.15) is 0 Å². The second-order valence-electron chi connectivity index (χ2n) is 5.79. The summed E-state index contributed by atoms with van der Waals surface area (Å²) in [4.78, 5) is 2.44. The minimum Gasteiger partial charge on any atom is -0.385 e. The molecular formula is C16H25BrN2O. The summed E-state index contributed by atoms with van der Waals surface area (Å²) < 4.78 is 6.32. The van der Waals surface area contributed by atoms with Crippen LogP contribution in [0.1, 0.15) is 24.0 Å². The molecule has 0 saturated carbocycles. The number of benzene rings is 1. The Morgan fingerprint density at radius 1 is 1.40 bits per heavy atom. The lowest BCUT2D eigenvalue weighted by Crippen LogP contribution is -2.55. The largest absolute Gasteiger partial charge is 0.385 e. The quantitative estimate of drug-likeness (QED) is 0.809. The first-order chi connectivity index (χ1) is 9.61. The van der Waals surface area contributed by atoms with Crippen molar-refractivity contribution in [1.82, 2.24) is 4.90 Å². The first kappa shape index (κ1) is 16.0. The van der Waals surface area contributed by atoms with E-state index in [1.807, 2.05) is 0 Å². The smallest absolute Gasteiger partial charge is 0.0474 e. The van der Waals surface area contributed by atoms with Crippen LogP contribution < -0.4 is 5.73 Å². The average Bonchev–Trinajstić information content (AvgIpc) is 2.47. The molecule has 3 nitrogen and oxygen atoms in total. The summed E-state index contributed by atoms with van der Waals surface area (Å²) in [7, 11) is 3.96. The molecule has 1 aromatic carbocycles. The van der Waals surface area contributed by atoms with Gasteiger partial charge in [0.15, 0.2) is 0 Å². The van der Waals surface area contributed by atoms with E-state index in [0.29, 0.717) is 6.54 Å². The van der Waals surface area contributed by atoms with Crippen molar-refractivity contribution >= 4 is 15.9 Å². The number of ether oxygens (including phenoxy) is 1. The predicted octanol–water partition coefficient (Wildman–Crippen LogP) is 2.60. The minimum absolute atomic E-state index is 0.106. The van der Waals surface area contributed by atoms with E-state index in [1.165, 1.54) is 15.6 Å². The third-order valence-corrected chi connectivity index (χ3v) is 5.07. The van der Waals surface area contributed by atoms with Gasteiger partial charge in [-0.3, -0.25) is 4.90 Å². The van der Waals surface area contributed by atoms with E-state index < -0.39 is 0 Å². The molecule has 2 N–H and O–H groups in total. The highest BCUT2D eigenvalue weighted by molar-refractivity contribution is 9.10. The third kappa shape index (κ3) is 3.42. The highest BCUT2D eigenvalue weighted by Gasteiger charge is 2.36. The molecule has 1 aliphatic carbocycles. The second-order valence-corrected chi connectivity index (χ2v) is 6.70. The van der Waals surface area contributed by atoms with Gasteiger partial charge in [-0.1, -0.05) is 22.0 Å². The maximum atomic E-state index is 6.15. The van der Waals surface area contributed by atoms with Gasteiger partial charge in [-0.25, -0.2) is 0 Å². The molecule has 112 valence electrons. The van der Waals surface area contributed by atoms with Gasteiger partial charge in [0.2, 0.25) is 0 Å². The molecule has 0 bridgehead atoms. The molecule has 1 aliphatic rings. The Balaban J connectivity index is 2.11. The Labute approximate surface area is 130 Å². The molecule has 0 radical (unpaired) electrons. The minimum atomic E-state index is 0.106. The molecule has 1 unspecified atom stereocenters. The number of likely N-dealkylation sites (N-methyl/N-ethyl adjacent to an activating group) is 1. The number of aryl methyl sites for hydroxylation is 1. The Bertz CT molecular complexity index is 452.